The van der Waals surface area contributed by atoms with Crippen molar-refractivity contribution in [1.29, 1.82) is 0 Å². The van der Waals surface area contributed by atoms with E-state index in [4.69, 9.17) is 15.7 Å². The van der Waals surface area contributed by atoms with E-state index >= 15 is 0 Å². The number of pyridine rings is 1. The van der Waals surface area contributed by atoms with Crippen LogP contribution in [0, 0.1) is 5.92 Å². The van der Waals surface area contributed by atoms with Gasteiger partial charge in [-0.3, -0.25) is 4.98 Å². The molecule has 2 aromatic heterocycles. The second-order valence-corrected chi connectivity index (χ2v) is 6.71. The molecule has 1 aliphatic rings. The van der Waals surface area contributed by atoms with Gasteiger partial charge in [-0.2, -0.15) is 0 Å². The third-order valence-electron chi connectivity index (χ3n) is 4.97. The highest BCUT2D eigenvalue weighted by atomic mass is 15.2. The Balaban J connectivity index is 1.74. The van der Waals surface area contributed by atoms with Crippen LogP contribution in [0.15, 0.2) is 60.9 Å². The molecule has 4 rings (SSSR count). The fraction of sp³-hybridized carbons (Fsp3) is 0.286. The fourth-order valence-electron chi connectivity index (χ4n) is 3.37. The molecular weight excluding hydrogens is 322 g/mol. The Morgan fingerprint density at radius 3 is 2.42 bits per heavy atom. The number of piperidine rings is 1. The van der Waals surface area contributed by atoms with Gasteiger partial charge in [-0.25, -0.2) is 9.97 Å². The van der Waals surface area contributed by atoms with Gasteiger partial charge in [0, 0.05) is 42.7 Å². The van der Waals surface area contributed by atoms with E-state index in [-0.39, 0.29) is 0 Å². The van der Waals surface area contributed by atoms with Crippen LogP contribution in [0.5, 0.6) is 0 Å². The number of benzene rings is 1. The van der Waals surface area contributed by atoms with Crippen LogP contribution in [-0.2, 0) is 0 Å². The summed E-state index contributed by atoms with van der Waals surface area (Å²) in [7, 11) is 0. The van der Waals surface area contributed by atoms with Gasteiger partial charge in [0.05, 0.1) is 5.69 Å². The highest BCUT2D eigenvalue weighted by molar-refractivity contribution is 5.67. The number of anilines is 1. The van der Waals surface area contributed by atoms with Gasteiger partial charge in [0.25, 0.3) is 0 Å². The monoisotopic (exact) mass is 345 g/mol. The zero-order valence-corrected chi connectivity index (χ0v) is 14.8. The Hall–Kier alpha value is -2.79. The first-order valence-corrected chi connectivity index (χ1v) is 9.13. The van der Waals surface area contributed by atoms with Gasteiger partial charge in [0.2, 0.25) is 0 Å². The molecular formula is C21H23N5. The van der Waals surface area contributed by atoms with Gasteiger partial charge in [-0.15, -0.1) is 0 Å². The summed E-state index contributed by atoms with van der Waals surface area (Å²) in [5, 5.41) is 0. The lowest BCUT2D eigenvalue weighted by Gasteiger charge is -2.32. The maximum atomic E-state index is 5.84. The van der Waals surface area contributed by atoms with Crippen molar-refractivity contribution in [2.75, 3.05) is 24.5 Å². The van der Waals surface area contributed by atoms with Crippen LogP contribution in [0.4, 0.5) is 5.82 Å². The first kappa shape index (κ1) is 16.7. The lowest BCUT2D eigenvalue weighted by molar-refractivity contribution is 0.413. The Labute approximate surface area is 153 Å². The van der Waals surface area contributed by atoms with Gasteiger partial charge < -0.3 is 10.6 Å². The first-order valence-electron chi connectivity index (χ1n) is 9.13. The summed E-state index contributed by atoms with van der Waals surface area (Å²) in [5.41, 5.74) is 8.77. The standard InChI is InChI=1S/C21H23N5/c22-14-16-8-11-26(12-9-16)20-13-19(18-7-4-10-23-15-18)24-21(25-20)17-5-2-1-3-6-17/h1-7,10,13,15-16H,8-9,11-12,14,22H2. The molecule has 26 heavy (non-hydrogen) atoms. The molecule has 0 unspecified atom stereocenters. The molecule has 0 aliphatic carbocycles. The van der Waals surface area contributed by atoms with Crippen LogP contribution in [0.1, 0.15) is 12.8 Å². The summed E-state index contributed by atoms with van der Waals surface area (Å²) in [4.78, 5) is 16.3. The van der Waals surface area contributed by atoms with Crippen molar-refractivity contribution in [3.8, 4) is 22.6 Å². The Bertz CT molecular complexity index is 785. The second kappa shape index (κ2) is 7.62. The molecule has 0 bridgehead atoms. The highest BCUT2D eigenvalue weighted by Gasteiger charge is 2.20. The van der Waals surface area contributed by atoms with Crippen molar-refractivity contribution in [2.45, 2.75) is 12.8 Å². The molecule has 1 fully saturated rings. The van der Waals surface area contributed by atoms with E-state index in [9.17, 15) is 0 Å². The Morgan fingerprint density at radius 1 is 0.962 bits per heavy atom. The molecule has 2 N–H and O–H groups in total. The molecule has 1 aromatic carbocycles. The minimum absolute atomic E-state index is 0.625. The van der Waals surface area contributed by atoms with Crippen LogP contribution < -0.4 is 10.6 Å². The minimum atomic E-state index is 0.625. The van der Waals surface area contributed by atoms with Crippen molar-refractivity contribution in [1.82, 2.24) is 15.0 Å². The van der Waals surface area contributed by atoms with E-state index in [1.54, 1.807) is 6.20 Å². The van der Waals surface area contributed by atoms with Crippen molar-refractivity contribution in [3.05, 3.63) is 60.9 Å². The van der Waals surface area contributed by atoms with E-state index < -0.39 is 0 Å². The number of hydrogen-bond donors (Lipinski definition) is 1. The molecule has 0 saturated carbocycles. The van der Waals surface area contributed by atoms with Crippen molar-refractivity contribution in [2.24, 2.45) is 11.7 Å². The summed E-state index contributed by atoms with van der Waals surface area (Å²) >= 11 is 0. The Morgan fingerprint density at radius 2 is 1.73 bits per heavy atom. The second-order valence-electron chi connectivity index (χ2n) is 6.71. The van der Waals surface area contributed by atoms with Gasteiger partial charge in [-0.05, 0) is 37.4 Å². The van der Waals surface area contributed by atoms with Gasteiger partial charge in [0.15, 0.2) is 5.82 Å². The predicted molar refractivity (Wildman–Crippen MR) is 105 cm³/mol. The number of hydrogen-bond acceptors (Lipinski definition) is 5. The topological polar surface area (TPSA) is 67.9 Å². The summed E-state index contributed by atoms with van der Waals surface area (Å²) in [6.07, 6.45) is 5.86. The minimum Gasteiger partial charge on any atom is -0.356 e. The summed E-state index contributed by atoms with van der Waals surface area (Å²) in [5.74, 6) is 2.36. The number of rotatable bonds is 4. The number of aromatic nitrogens is 3. The van der Waals surface area contributed by atoms with Crippen molar-refractivity contribution in [3.63, 3.8) is 0 Å². The molecule has 1 aliphatic heterocycles. The molecule has 1 saturated heterocycles. The largest absolute Gasteiger partial charge is 0.356 e. The highest BCUT2D eigenvalue weighted by Crippen LogP contribution is 2.28. The third kappa shape index (κ3) is 3.58. The molecule has 0 radical (unpaired) electrons. The maximum Gasteiger partial charge on any atom is 0.162 e. The number of nitrogens with zero attached hydrogens (tertiary/aromatic N) is 4. The quantitative estimate of drug-likeness (QED) is 0.785. The average Bonchev–Trinajstić information content (AvgIpc) is 2.75. The van der Waals surface area contributed by atoms with Gasteiger partial charge in [0.1, 0.15) is 5.82 Å². The van der Waals surface area contributed by atoms with E-state index in [0.29, 0.717) is 5.92 Å². The van der Waals surface area contributed by atoms with Gasteiger partial charge in [-0.1, -0.05) is 30.3 Å². The molecule has 3 heterocycles. The lowest BCUT2D eigenvalue weighted by Crippen LogP contribution is -2.36. The number of nitrogens with two attached hydrogens (primary N) is 1. The van der Waals surface area contributed by atoms with E-state index in [1.165, 1.54) is 0 Å². The fourth-order valence-corrected chi connectivity index (χ4v) is 3.37. The summed E-state index contributed by atoms with van der Waals surface area (Å²) in [6, 6.07) is 16.2. The average molecular weight is 345 g/mol. The molecule has 5 heteroatoms. The van der Waals surface area contributed by atoms with E-state index in [1.807, 2.05) is 48.7 Å². The molecule has 3 aromatic rings. The van der Waals surface area contributed by atoms with E-state index in [0.717, 1.165) is 60.9 Å². The SMILES string of the molecule is NCC1CCN(c2cc(-c3cccnc3)nc(-c3ccccc3)n2)CC1. The van der Waals surface area contributed by atoms with Crippen molar-refractivity contribution < 1.29 is 0 Å². The van der Waals surface area contributed by atoms with Crippen LogP contribution in [0.2, 0.25) is 0 Å². The molecule has 0 atom stereocenters. The van der Waals surface area contributed by atoms with E-state index in [2.05, 4.69) is 16.0 Å². The summed E-state index contributed by atoms with van der Waals surface area (Å²) in [6.45, 7) is 2.74. The maximum absolute atomic E-state index is 5.84. The zero-order valence-electron chi connectivity index (χ0n) is 14.8. The lowest BCUT2D eigenvalue weighted by atomic mass is 9.97. The van der Waals surface area contributed by atoms with Crippen molar-refractivity contribution >= 4 is 5.82 Å². The third-order valence-corrected chi connectivity index (χ3v) is 4.97. The predicted octanol–water partition coefficient (Wildman–Crippen LogP) is 3.38. The van der Waals surface area contributed by atoms with Gasteiger partial charge >= 0.3 is 0 Å². The molecule has 0 amide bonds. The van der Waals surface area contributed by atoms with Crippen LogP contribution in [0.25, 0.3) is 22.6 Å². The molecule has 5 nitrogen and oxygen atoms in total. The molecule has 0 spiro atoms. The van der Waals surface area contributed by atoms with Crippen LogP contribution >= 0.6 is 0 Å². The summed E-state index contributed by atoms with van der Waals surface area (Å²) < 4.78 is 0. The zero-order chi connectivity index (χ0) is 17.8. The normalized spacial score (nSPS) is 15.2. The van der Waals surface area contributed by atoms with Crippen LogP contribution in [-0.4, -0.2) is 34.6 Å². The molecule has 132 valence electrons. The smallest absolute Gasteiger partial charge is 0.162 e. The first-order chi connectivity index (χ1) is 12.8. The van der Waals surface area contributed by atoms with Crippen LogP contribution in [0.3, 0.4) is 0 Å². The Kier molecular flexibility index (Phi) is 4.88.